The van der Waals surface area contributed by atoms with Crippen LogP contribution in [0.4, 0.5) is 0 Å². The zero-order chi connectivity index (χ0) is 16.7. The lowest BCUT2D eigenvalue weighted by atomic mass is 10.1. The van der Waals surface area contributed by atoms with Crippen LogP contribution in [0.5, 0.6) is 5.75 Å². The number of carbonyl (C=O) groups is 1. The third-order valence-electron chi connectivity index (χ3n) is 3.40. The fraction of sp³-hybridized carbons (Fsp3) is 0.278. The molecule has 0 aliphatic heterocycles. The van der Waals surface area contributed by atoms with Gasteiger partial charge in [0.05, 0.1) is 6.10 Å². The number of rotatable bonds is 7. The fourth-order valence-corrected chi connectivity index (χ4v) is 2.45. The van der Waals surface area contributed by atoms with Crippen LogP contribution in [0.2, 0.25) is 0 Å². The van der Waals surface area contributed by atoms with E-state index in [1.807, 2.05) is 48.7 Å². The van der Waals surface area contributed by atoms with Crippen LogP contribution in [0.25, 0.3) is 0 Å². The van der Waals surface area contributed by atoms with Crippen molar-refractivity contribution in [3.05, 3.63) is 60.2 Å². The second-order valence-corrected chi connectivity index (χ2v) is 5.99. The van der Waals surface area contributed by atoms with Gasteiger partial charge in [0, 0.05) is 11.4 Å². The van der Waals surface area contributed by atoms with Crippen LogP contribution in [0, 0.1) is 0 Å². The van der Waals surface area contributed by atoms with Crippen LogP contribution in [0.3, 0.4) is 0 Å². The highest BCUT2D eigenvalue weighted by atomic mass is 32.2. The van der Waals surface area contributed by atoms with E-state index in [0.717, 1.165) is 10.5 Å². The van der Waals surface area contributed by atoms with E-state index in [-0.39, 0.29) is 12.5 Å². The summed E-state index contributed by atoms with van der Waals surface area (Å²) < 4.78 is 5.55. The van der Waals surface area contributed by atoms with Gasteiger partial charge in [-0.3, -0.25) is 4.79 Å². The molecule has 0 unspecified atom stereocenters. The van der Waals surface area contributed by atoms with Gasteiger partial charge in [-0.1, -0.05) is 30.3 Å². The number of aliphatic hydroxyl groups is 1. The summed E-state index contributed by atoms with van der Waals surface area (Å²) in [5, 5.41) is 12.9. The Labute approximate surface area is 140 Å². The molecule has 0 heterocycles. The SMILES string of the molecule is CSc1ccc([C@H](O)CNC(=O)[C@H](C)Oc2ccccc2)cc1. The van der Waals surface area contributed by atoms with Gasteiger partial charge < -0.3 is 15.2 Å². The van der Waals surface area contributed by atoms with Gasteiger partial charge in [0.15, 0.2) is 6.10 Å². The summed E-state index contributed by atoms with van der Waals surface area (Å²) in [6.07, 6.45) is 0.641. The third-order valence-corrected chi connectivity index (χ3v) is 4.14. The van der Waals surface area contributed by atoms with Crippen molar-refractivity contribution in [2.45, 2.75) is 24.0 Å². The average Bonchev–Trinajstić information content (AvgIpc) is 2.60. The molecule has 2 rings (SSSR count). The summed E-state index contributed by atoms with van der Waals surface area (Å²) in [5.74, 6) is 0.386. The first-order valence-electron chi connectivity index (χ1n) is 7.41. The van der Waals surface area contributed by atoms with Crippen molar-refractivity contribution >= 4 is 17.7 Å². The highest BCUT2D eigenvalue weighted by molar-refractivity contribution is 7.98. The molecule has 0 aromatic heterocycles. The molecule has 0 saturated carbocycles. The summed E-state index contributed by atoms with van der Waals surface area (Å²) in [4.78, 5) is 13.2. The molecule has 2 N–H and O–H groups in total. The smallest absolute Gasteiger partial charge is 0.260 e. The summed E-state index contributed by atoms with van der Waals surface area (Å²) in [7, 11) is 0. The van der Waals surface area contributed by atoms with E-state index in [2.05, 4.69) is 5.32 Å². The quantitative estimate of drug-likeness (QED) is 0.766. The van der Waals surface area contributed by atoms with Crippen molar-refractivity contribution in [3.8, 4) is 5.75 Å². The van der Waals surface area contributed by atoms with Gasteiger partial charge in [0.25, 0.3) is 5.91 Å². The molecule has 1 amide bonds. The number of carbonyl (C=O) groups excluding carboxylic acids is 1. The van der Waals surface area contributed by atoms with Crippen LogP contribution in [0.15, 0.2) is 59.5 Å². The Bertz CT molecular complexity index is 616. The highest BCUT2D eigenvalue weighted by Gasteiger charge is 2.16. The minimum Gasteiger partial charge on any atom is -0.481 e. The second-order valence-electron chi connectivity index (χ2n) is 5.11. The molecule has 23 heavy (non-hydrogen) atoms. The van der Waals surface area contributed by atoms with E-state index >= 15 is 0 Å². The minimum atomic E-state index is -0.737. The molecule has 2 aromatic rings. The lowest BCUT2D eigenvalue weighted by Crippen LogP contribution is -2.38. The average molecular weight is 331 g/mol. The molecule has 0 bridgehead atoms. The molecule has 0 fully saturated rings. The molecule has 0 aliphatic rings. The molecule has 0 spiro atoms. The molecule has 0 saturated heterocycles. The maximum Gasteiger partial charge on any atom is 0.260 e. The number of para-hydroxylation sites is 1. The standard InChI is InChI=1S/C18H21NO3S/c1-13(22-15-6-4-3-5-7-15)18(21)19-12-17(20)14-8-10-16(23-2)11-9-14/h3-11,13,17,20H,12H2,1-2H3,(H,19,21)/t13-,17+/m0/s1. The predicted molar refractivity (Wildman–Crippen MR) is 92.7 cm³/mol. The van der Waals surface area contributed by atoms with Gasteiger partial charge in [-0.2, -0.15) is 0 Å². The van der Waals surface area contributed by atoms with E-state index in [1.54, 1.807) is 30.8 Å². The molecule has 0 radical (unpaired) electrons. The lowest BCUT2D eigenvalue weighted by molar-refractivity contribution is -0.127. The van der Waals surface area contributed by atoms with Gasteiger partial charge in [-0.15, -0.1) is 11.8 Å². The fourth-order valence-electron chi connectivity index (χ4n) is 2.04. The number of hydrogen-bond donors (Lipinski definition) is 2. The normalized spacial score (nSPS) is 13.2. The van der Waals surface area contributed by atoms with Gasteiger partial charge >= 0.3 is 0 Å². The Morgan fingerprint density at radius 1 is 1.17 bits per heavy atom. The van der Waals surface area contributed by atoms with Crippen molar-refractivity contribution in [1.82, 2.24) is 5.32 Å². The monoisotopic (exact) mass is 331 g/mol. The largest absolute Gasteiger partial charge is 0.481 e. The first kappa shape index (κ1) is 17.4. The molecule has 2 atom stereocenters. The lowest BCUT2D eigenvalue weighted by Gasteiger charge is -2.17. The summed E-state index contributed by atoms with van der Waals surface area (Å²) in [5.41, 5.74) is 0.778. The first-order valence-corrected chi connectivity index (χ1v) is 8.64. The van der Waals surface area contributed by atoms with E-state index in [0.29, 0.717) is 5.75 Å². The van der Waals surface area contributed by atoms with Gasteiger partial charge in [-0.25, -0.2) is 0 Å². The van der Waals surface area contributed by atoms with E-state index in [9.17, 15) is 9.90 Å². The van der Waals surface area contributed by atoms with Crippen molar-refractivity contribution in [3.63, 3.8) is 0 Å². The number of hydrogen-bond acceptors (Lipinski definition) is 4. The van der Waals surface area contributed by atoms with E-state index < -0.39 is 12.2 Å². The predicted octanol–water partition coefficient (Wildman–Crippen LogP) is 3.03. The van der Waals surface area contributed by atoms with Crippen LogP contribution >= 0.6 is 11.8 Å². The summed E-state index contributed by atoms with van der Waals surface area (Å²) in [6, 6.07) is 16.8. The van der Waals surface area contributed by atoms with Gasteiger partial charge in [0.1, 0.15) is 5.75 Å². The molecule has 4 nitrogen and oxygen atoms in total. The topological polar surface area (TPSA) is 58.6 Å². The Hall–Kier alpha value is -1.98. The minimum absolute atomic E-state index is 0.153. The number of ether oxygens (including phenoxy) is 1. The summed E-state index contributed by atoms with van der Waals surface area (Å²) >= 11 is 1.64. The third kappa shape index (κ3) is 5.30. The highest BCUT2D eigenvalue weighted by Crippen LogP contribution is 2.18. The molecular weight excluding hydrogens is 310 g/mol. The Morgan fingerprint density at radius 2 is 1.83 bits per heavy atom. The van der Waals surface area contributed by atoms with Gasteiger partial charge in [0.2, 0.25) is 0 Å². The molecule has 2 aromatic carbocycles. The van der Waals surface area contributed by atoms with E-state index in [4.69, 9.17) is 4.74 Å². The number of nitrogens with one attached hydrogen (secondary N) is 1. The zero-order valence-corrected chi connectivity index (χ0v) is 14.0. The summed E-state index contributed by atoms with van der Waals surface area (Å²) in [6.45, 7) is 1.84. The maximum absolute atomic E-state index is 12.0. The molecule has 0 aliphatic carbocycles. The Kier molecular flexibility index (Phi) is 6.50. The Morgan fingerprint density at radius 3 is 2.43 bits per heavy atom. The first-order chi connectivity index (χ1) is 11.1. The molecule has 122 valence electrons. The molecular formula is C18H21NO3S. The second kappa shape index (κ2) is 8.60. The Balaban J connectivity index is 1.82. The number of benzene rings is 2. The van der Waals surface area contributed by atoms with Crippen LogP contribution in [-0.2, 0) is 4.79 Å². The van der Waals surface area contributed by atoms with Crippen LogP contribution < -0.4 is 10.1 Å². The zero-order valence-electron chi connectivity index (χ0n) is 13.2. The van der Waals surface area contributed by atoms with Crippen molar-refractivity contribution in [1.29, 1.82) is 0 Å². The van der Waals surface area contributed by atoms with Crippen molar-refractivity contribution in [2.75, 3.05) is 12.8 Å². The van der Waals surface area contributed by atoms with Gasteiger partial charge in [-0.05, 0) is 43.0 Å². The number of amides is 1. The number of thioether (sulfide) groups is 1. The van der Waals surface area contributed by atoms with Crippen LogP contribution in [0.1, 0.15) is 18.6 Å². The van der Waals surface area contributed by atoms with Crippen molar-refractivity contribution < 1.29 is 14.6 Å². The molecule has 5 heteroatoms. The maximum atomic E-state index is 12.0. The van der Waals surface area contributed by atoms with E-state index in [1.165, 1.54) is 0 Å². The van der Waals surface area contributed by atoms with Crippen molar-refractivity contribution in [2.24, 2.45) is 0 Å². The van der Waals surface area contributed by atoms with Crippen LogP contribution in [-0.4, -0.2) is 29.9 Å². The number of aliphatic hydroxyl groups excluding tert-OH is 1.